The number of para-hydroxylation sites is 1. The fraction of sp³-hybridized carbons (Fsp3) is 0.158. The van der Waals surface area contributed by atoms with E-state index >= 15 is 0 Å². The van der Waals surface area contributed by atoms with Gasteiger partial charge in [-0.1, -0.05) is 49.4 Å². The van der Waals surface area contributed by atoms with Crippen molar-refractivity contribution in [3.8, 4) is 16.9 Å². The Balaban J connectivity index is 2.07. The molecule has 0 saturated heterocycles. The minimum atomic E-state index is -0.970. The highest BCUT2D eigenvalue weighted by Gasteiger charge is 2.36. The van der Waals surface area contributed by atoms with Crippen LogP contribution in [0.3, 0.4) is 0 Å². The minimum absolute atomic E-state index is 0.0877. The molecule has 1 atom stereocenters. The normalized spacial score (nSPS) is 15.3. The van der Waals surface area contributed by atoms with E-state index in [1.807, 2.05) is 42.5 Å². The van der Waals surface area contributed by atoms with Gasteiger partial charge in [0.25, 0.3) is 0 Å². The summed E-state index contributed by atoms with van der Waals surface area (Å²) < 4.78 is 1.77. The van der Waals surface area contributed by atoms with Crippen LogP contribution in [0.25, 0.3) is 16.9 Å². The van der Waals surface area contributed by atoms with Crippen molar-refractivity contribution < 1.29 is 9.90 Å². The number of carboxylic acids is 1. The fourth-order valence-corrected chi connectivity index (χ4v) is 3.53. The number of benzene rings is 2. The van der Waals surface area contributed by atoms with Crippen LogP contribution < -0.4 is 0 Å². The van der Waals surface area contributed by atoms with E-state index in [4.69, 9.17) is 0 Å². The third kappa shape index (κ3) is 1.91. The molecule has 4 heteroatoms. The third-order valence-corrected chi connectivity index (χ3v) is 4.47. The first-order valence-electron chi connectivity index (χ1n) is 7.73. The predicted molar refractivity (Wildman–Crippen MR) is 88.1 cm³/mol. The number of aromatic carboxylic acids is 1. The summed E-state index contributed by atoms with van der Waals surface area (Å²) in [5.41, 5.74) is 5.06. The SMILES string of the molecule is CCC1c2ccccc2-c2c1c(C(=O)O)nn2-c1ccccc1. The number of nitrogens with zero attached hydrogens (tertiary/aromatic N) is 2. The molecule has 23 heavy (non-hydrogen) atoms. The molecule has 1 N–H and O–H groups in total. The van der Waals surface area contributed by atoms with Gasteiger partial charge in [-0.15, -0.1) is 0 Å². The molecule has 3 aromatic rings. The Morgan fingerprint density at radius 3 is 2.52 bits per heavy atom. The first-order chi connectivity index (χ1) is 11.2. The minimum Gasteiger partial charge on any atom is -0.476 e. The number of carboxylic acid groups (broad SMARTS) is 1. The Kier molecular flexibility index (Phi) is 3.05. The van der Waals surface area contributed by atoms with Crippen LogP contribution in [0.1, 0.15) is 40.9 Å². The van der Waals surface area contributed by atoms with Gasteiger partial charge in [0, 0.05) is 17.0 Å². The summed E-state index contributed by atoms with van der Waals surface area (Å²) in [5.74, 6) is -0.882. The topological polar surface area (TPSA) is 55.1 Å². The van der Waals surface area contributed by atoms with Crippen LogP contribution in [0.5, 0.6) is 0 Å². The van der Waals surface area contributed by atoms with Crippen LogP contribution in [-0.4, -0.2) is 20.9 Å². The molecule has 0 fully saturated rings. The van der Waals surface area contributed by atoms with Crippen molar-refractivity contribution in [1.29, 1.82) is 0 Å². The van der Waals surface area contributed by atoms with Gasteiger partial charge in [0.2, 0.25) is 0 Å². The van der Waals surface area contributed by atoms with Crippen LogP contribution in [0.15, 0.2) is 54.6 Å². The fourth-order valence-electron chi connectivity index (χ4n) is 3.53. The molecule has 1 aliphatic carbocycles. The van der Waals surface area contributed by atoms with Crippen molar-refractivity contribution in [1.82, 2.24) is 9.78 Å². The average molecular weight is 304 g/mol. The van der Waals surface area contributed by atoms with E-state index in [2.05, 4.69) is 24.2 Å². The molecule has 1 aliphatic rings. The van der Waals surface area contributed by atoms with Gasteiger partial charge in [-0.3, -0.25) is 0 Å². The van der Waals surface area contributed by atoms with Gasteiger partial charge in [0.1, 0.15) is 0 Å². The number of hydrogen-bond acceptors (Lipinski definition) is 2. The summed E-state index contributed by atoms with van der Waals surface area (Å²) in [6, 6.07) is 17.8. The van der Waals surface area contributed by atoms with Crippen LogP contribution in [0, 0.1) is 0 Å². The van der Waals surface area contributed by atoms with Gasteiger partial charge >= 0.3 is 5.97 Å². The second kappa shape index (κ2) is 5.09. The molecule has 0 aliphatic heterocycles. The lowest BCUT2D eigenvalue weighted by Crippen LogP contribution is -2.06. The summed E-state index contributed by atoms with van der Waals surface area (Å²) in [6.45, 7) is 2.09. The van der Waals surface area contributed by atoms with Gasteiger partial charge in [0.15, 0.2) is 5.69 Å². The summed E-state index contributed by atoms with van der Waals surface area (Å²) >= 11 is 0. The number of hydrogen-bond donors (Lipinski definition) is 1. The second-order valence-electron chi connectivity index (χ2n) is 5.71. The van der Waals surface area contributed by atoms with Crippen molar-refractivity contribution in [3.63, 3.8) is 0 Å². The van der Waals surface area contributed by atoms with E-state index in [0.717, 1.165) is 28.9 Å². The van der Waals surface area contributed by atoms with E-state index in [1.165, 1.54) is 5.56 Å². The summed E-state index contributed by atoms with van der Waals surface area (Å²) in [5, 5.41) is 14.0. The average Bonchev–Trinajstić information content (AvgIpc) is 3.11. The monoisotopic (exact) mass is 304 g/mol. The smallest absolute Gasteiger partial charge is 0.356 e. The number of carbonyl (C=O) groups is 1. The third-order valence-electron chi connectivity index (χ3n) is 4.47. The maximum absolute atomic E-state index is 11.7. The molecule has 0 spiro atoms. The molecule has 0 radical (unpaired) electrons. The van der Waals surface area contributed by atoms with E-state index in [9.17, 15) is 9.90 Å². The Bertz CT molecular complexity index is 897. The van der Waals surface area contributed by atoms with Crippen LogP contribution >= 0.6 is 0 Å². The van der Waals surface area contributed by atoms with Crippen molar-refractivity contribution >= 4 is 5.97 Å². The van der Waals surface area contributed by atoms with E-state index in [1.54, 1.807) is 4.68 Å². The molecule has 0 amide bonds. The zero-order valence-electron chi connectivity index (χ0n) is 12.7. The summed E-state index contributed by atoms with van der Waals surface area (Å²) in [7, 11) is 0. The quantitative estimate of drug-likeness (QED) is 0.793. The zero-order chi connectivity index (χ0) is 16.0. The van der Waals surface area contributed by atoms with Gasteiger partial charge in [-0.2, -0.15) is 5.10 Å². The van der Waals surface area contributed by atoms with Crippen molar-refractivity contribution in [2.24, 2.45) is 0 Å². The van der Waals surface area contributed by atoms with Gasteiger partial charge in [-0.05, 0) is 24.1 Å². The molecule has 4 rings (SSSR count). The predicted octanol–water partition coefficient (Wildman–Crippen LogP) is 4.09. The first kappa shape index (κ1) is 13.8. The molecule has 114 valence electrons. The maximum atomic E-state index is 11.7. The highest BCUT2D eigenvalue weighted by molar-refractivity contribution is 5.93. The summed E-state index contributed by atoms with van der Waals surface area (Å²) in [6.07, 6.45) is 0.852. The van der Waals surface area contributed by atoms with Crippen LogP contribution in [0.2, 0.25) is 0 Å². The zero-order valence-corrected chi connectivity index (χ0v) is 12.7. The molecule has 1 aromatic heterocycles. The standard InChI is InChI=1S/C19H16N2O2/c1-2-13-14-10-6-7-11-15(14)18-16(13)17(19(22)23)20-21(18)12-8-4-3-5-9-12/h3-11,13H,2H2,1H3,(H,22,23). The van der Waals surface area contributed by atoms with Gasteiger partial charge in [0.05, 0.1) is 11.4 Å². The number of rotatable bonds is 3. The lowest BCUT2D eigenvalue weighted by molar-refractivity contribution is 0.0688. The first-order valence-corrected chi connectivity index (χ1v) is 7.73. The Labute approximate surface area is 134 Å². The lowest BCUT2D eigenvalue weighted by Gasteiger charge is -2.10. The Morgan fingerprint density at radius 1 is 1.13 bits per heavy atom. The van der Waals surface area contributed by atoms with Gasteiger partial charge in [-0.25, -0.2) is 9.48 Å². The molecule has 1 unspecified atom stereocenters. The molecule has 4 nitrogen and oxygen atoms in total. The van der Waals surface area contributed by atoms with Crippen molar-refractivity contribution in [3.05, 3.63) is 71.4 Å². The van der Waals surface area contributed by atoms with Crippen molar-refractivity contribution in [2.75, 3.05) is 0 Å². The van der Waals surface area contributed by atoms with Crippen molar-refractivity contribution in [2.45, 2.75) is 19.3 Å². The lowest BCUT2D eigenvalue weighted by atomic mass is 9.94. The summed E-state index contributed by atoms with van der Waals surface area (Å²) in [4.78, 5) is 11.7. The maximum Gasteiger partial charge on any atom is 0.356 e. The molecular weight excluding hydrogens is 288 g/mol. The molecule has 1 heterocycles. The second-order valence-corrected chi connectivity index (χ2v) is 5.71. The highest BCUT2D eigenvalue weighted by atomic mass is 16.4. The molecule has 2 aromatic carbocycles. The molecular formula is C19H16N2O2. The van der Waals surface area contributed by atoms with Crippen LogP contribution in [0.4, 0.5) is 0 Å². The largest absolute Gasteiger partial charge is 0.476 e. The Hall–Kier alpha value is -2.88. The Morgan fingerprint density at radius 2 is 1.83 bits per heavy atom. The highest BCUT2D eigenvalue weighted by Crippen LogP contribution is 2.48. The van der Waals surface area contributed by atoms with E-state index in [-0.39, 0.29) is 11.6 Å². The van der Waals surface area contributed by atoms with E-state index < -0.39 is 5.97 Å². The molecule has 0 bridgehead atoms. The van der Waals surface area contributed by atoms with E-state index in [0.29, 0.717) is 0 Å². The van der Waals surface area contributed by atoms with Gasteiger partial charge < -0.3 is 5.11 Å². The van der Waals surface area contributed by atoms with Crippen LogP contribution in [-0.2, 0) is 0 Å². The molecule has 0 saturated carbocycles. The number of fused-ring (bicyclic) bond motifs is 3. The number of aromatic nitrogens is 2.